The third kappa shape index (κ3) is 3.05. The predicted octanol–water partition coefficient (Wildman–Crippen LogP) is 2.52. The number of aliphatic imine (C=N–C) groups is 1. The molecule has 1 aromatic carbocycles. The van der Waals surface area contributed by atoms with Gasteiger partial charge >= 0.3 is 5.00 Å². The second kappa shape index (κ2) is 5.44. The molecule has 2 aromatic rings. The first-order chi connectivity index (χ1) is 9.10. The van der Waals surface area contributed by atoms with E-state index in [0.29, 0.717) is 11.3 Å². The Labute approximate surface area is 112 Å². The van der Waals surface area contributed by atoms with Crippen LogP contribution in [-0.4, -0.2) is 28.3 Å². The van der Waals surface area contributed by atoms with Gasteiger partial charge in [0, 0.05) is 6.21 Å². The number of ether oxygens (including phenoxy) is 1. The van der Waals surface area contributed by atoms with E-state index in [1.807, 2.05) is 0 Å². The molecule has 1 aromatic heterocycles. The van der Waals surface area contributed by atoms with Crippen LogP contribution < -0.4 is 4.74 Å². The average Bonchev–Trinajstić information content (AvgIpc) is 2.85. The standard InChI is InChI=1S/C11H9N3O4S/c1-18-9-3-2-7(4-8(9)15)5-12-11-13-6-10(19-11)14(16)17/h2-6,15H,1H3. The Morgan fingerprint density at radius 1 is 1.58 bits per heavy atom. The van der Waals surface area contributed by atoms with E-state index in [1.165, 1.54) is 19.4 Å². The van der Waals surface area contributed by atoms with Crippen molar-refractivity contribution in [2.75, 3.05) is 7.11 Å². The van der Waals surface area contributed by atoms with Gasteiger partial charge in [-0.1, -0.05) is 0 Å². The lowest BCUT2D eigenvalue weighted by molar-refractivity contribution is -0.380. The summed E-state index contributed by atoms with van der Waals surface area (Å²) in [5, 5.41) is 20.3. The molecule has 98 valence electrons. The average molecular weight is 279 g/mol. The summed E-state index contributed by atoms with van der Waals surface area (Å²) in [5.41, 5.74) is 0.635. The molecule has 0 saturated carbocycles. The maximum absolute atomic E-state index is 10.5. The molecular weight excluding hydrogens is 270 g/mol. The van der Waals surface area contributed by atoms with Crippen molar-refractivity contribution in [3.05, 3.63) is 40.1 Å². The third-order valence-corrected chi connectivity index (χ3v) is 3.05. The maximum atomic E-state index is 10.5. The maximum Gasteiger partial charge on any atom is 0.345 e. The molecule has 0 bridgehead atoms. The number of hydrogen-bond acceptors (Lipinski definition) is 7. The van der Waals surface area contributed by atoms with Crippen molar-refractivity contribution in [2.45, 2.75) is 0 Å². The second-order valence-corrected chi connectivity index (χ2v) is 4.42. The molecule has 7 nitrogen and oxygen atoms in total. The van der Waals surface area contributed by atoms with Gasteiger partial charge < -0.3 is 9.84 Å². The van der Waals surface area contributed by atoms with Gasteiger partial charge in [0.1, 0.15) is 6.20 Å². The lowest BCUT2D eigenvalue weighted by Gasteiger charge is -2.02. The van der Waals surface area contributed by atoms with E-state index in [9.17, 15) is 15.2 Å². The van der Waals surface area contributed by atoms with Gasteiger partial charge in [-0.25, -0.2) is 9.98 Å². The molecule has 19 heavy (non-hydrogen) atoms. The van der Waals surface area contributed by atoms with Crippen LogP contribution in [0.15, 0.2) is 29.4 Å². The van der Waals surface area contributed by atoms with Crippen molar-refractivity contribution in [3.8, 4) is 11.5 Å². The van der Waals surface area contributed by atoms with Crippen molar-refractivity contribution >= 4 is 27.7 Å². The van der Waals surface area contributed by atoms with Gasteiger partial charge in [0.05, 0.1) is 12.0 Å². The minimum absolute atomic E-state index is 0.00318. The SMILES string of the molecule is COc1ccc(C=Nc2ncc([N+](=O)[O-])s2)cc1O. The summed E-state index contributed by atoms with van der Waals surface area (Å²) in [6.07, 6.45) is 2.62. The fraction of sp³-hybridized carbons (Fsp3) is 0.0909. The van der Waals surface area contributed by atoms with E-state index in [1.54, 1.807) is 12.1 Å². The highest BCUT2D eigenvalue weighted by Gasteiger charge is 2.10. The first-order valence-corrected chi connectivity index (χ1v) is 5.93. The van der Waals surface area contributed by atoms with Gasteiger partial charge in [-0.2, -0.15) is 0 Å². The molecule has 0 amide bonds. The number of nitrogens with zero attached hydrogens (tertiary/aromatic N) is 3. The van der Waals surface area contributed by atoms with E-state index in [4.69, 9.17) is 4.74 Å². The van der Waals surface area contributed by atoms with Gasteiger partial charge in [0.25, 0.3) is 0 Å². The van der Waals surface area contributed by atoms with Gasteiger partial charge in [-0.05, 0) is 35.1 Å². The summed E-state index contributed by atoms with van der Waals surface area (Å²) in [6.45, 7) is 0. The topological polar surface area (TPSA) is 97.9 Å². The van der Waals surface area contributed by atoms with Crippen molar-refractivity contribution in [1.29, 1.82) is 0 Å². The lowest BCUT2D eigenvalue weighted by Crippen LogP contribution is -1.86. The molecule has 1 N–H and O–H groups in total. The van der Waals surface area contributed by atoms with Crippen LogP contribution >= 0.6 is 11.3 Å². The van der Waals surface area contributed by atoms with Crippen LogP contribution in [0.2, 0.25) is 0 Å². The predicted molar refractivity (Wildman–Crippen MR) is 70.7 cm³/mol. The van der Waals surface area contributed by atoms with E-state index in [0.717, 1.165) is 17.5 Å². The number of thiazole rings is 1. The molecule has 0 aliphatic rings. The zero-order valence-corrected chi connectivity index (χ0v) is 10.6. The first-order valence-electron chi connectivity index (χ1n) is 5.11. The summed E-state index contributed by atoms with van der Waals surface area (Å²) in [7, 11) is 1.46. The summed E-state index contributed by atoms with van der Waals surface area (Å²) in [6, 6.07) is 4.77. The highest BCUT2D eigenvalue weighted by Crippen LogP contribution is 2.28. The normalized spacial score (nSPS) is 10.8. The Hall–Kier alpha value is -2.48. The van der Waals surface area contributed by atoms with Gasteiger partial charge in [0.15, 0.2) is 11.5 Å². The minimum Gasteiger partial charge on any atom is -0.504 e. The molecule has 0 fully saturated rings. The number of nitro groups is 1. The monoisotopic (exact) mass is 279 g/mol. The molecule has 0 aliphatic carbocycles. The molecule has 2 rings (SSSR count). The Morgan fingerprint density at radius 3 is 2.95 bits per heavy atom. The fourth-order valence-electron chi connectivity index (χ4n) is 1.32. The van der Waals surface area contributed by atoms with Crippen LogP contribution in [0.4, 0.5) is 10.1 Å². The van der Waals surface area contributed by atoms with E-state index in [-0.39, 0.29) is 15.9 Å². The zero-order chi connectivity index (χ0) is 13.8. The summed E-state index contributed by atoms with van der Waals surface area (Å²) < 4.78 is 4.91. The molecule has 1 heterocycles. The lowest BCUT2D eigenvalue weighted by atomic mass is 10.2. The van der Waals surface area contributed by atoms with Crippen molar-refractivity contribution in [2.24, 2.45) is 4.99 Å². The van der Waals surface area contributed by atoms with Gasteiger partial charge in [0.2, 0.25) is 5.13 Å². The van der Waals surface area contributed by atoms with Crippen LogP contribution in [0, 0.1) is 10.1 Å². The molecule has 0 unspecified atom stereocenters. The van der Waals surface area contributed by atoms with Crippen molar-refractivity contribution in [3.63, 3.8) is 0 Å². The number of phenolic OH excluding ortho intramolecular Hbond substituents is 1. The number of hydrogen-bond donors (Lipinski definition) is 1. The molecule has 0 atom stereocenters. The van der Waals surface area contributed by atoms with Crippen molar-refractivity contribution < 1.29 is 14.8 Å². The molecule has 0 radical (unpaired) electrons. The van der Waals surface area contributed by atoms with Crippen molar-refractivity contribution in [1.82, 2.24) is 4.98 Å². The van der Waals surface area contributed by atoms with E-state index < -0.39 is 4.92 Å². The highest BCUT2D eigenvalue weighted by atomic mass is 32.1. The molecule has 0 spiro atoms. The second-order valence-electron chi connectivity index (χ2n) is 3.43. The Morgan fingerprint density at radius 2 is 2.37 bits per heavy atom. The van der Waals surface area contributed by atoms with Crippen LogP contribution in [-0.2, 0) is 0 Å². The smallest absolute Gasteiger partial charge is 0.345 e. The van der Waals surface area contributed by atoms with Crippen LogP contribution in [0.25, 0.3) is 0 Å². The largest absolute Gasteiger partial charge is 0.504 e. The van der Waals surface area contributed by atoms with Crippen LogP contribution in [0.3, 0.4) is 0 Å². The zero-order valence-electron chi connectivity index (χ0n) is 9.81. The molecular formula is C11H9N3O4S. The molecule has 8 heteroatoms. The number of aromatic hydroxyl groups is 1. The first kappa shape index (κ1) is 13.0. The summed E-state index contributed by atoms with van der Waals surface area (Å²) in [5.74, 6) is 0.360. The third-order valence-electron chi connectivity index (χ3n) is 2.19. The Bertz CT molecular complexity index is 639. The summed E-state index contributed by atoms with van der Waals surface area (Å²) in [4.78, 5) is 17.8. The Balaban J connectivity index is 2.17. The number of rotatable bonds is 4. The Kier molecular flexibility index (Phi) is 3.71. The van der Waals surface area contributed by atoms with E-state index in [2.05, 4.69) is 9.98 Å². The number of phenols is 1. The quantitative estimate of drug-likeness (QED) is 0.526. The fourth-order valence-corrected chi connectivity index (χ4v) is 1.90. The highest BCUT2D eigenvalue weighted by molar-refractivity contribution is 7.18. The van der Waals surface area contributed by atoms with Gasteiger partial charge in [-0.15, -0.1) is 0 Å². The summed E-state index contributed by atoms with van der Waals surface area (Å²) >= 11 is 0.877. The number of methoxy groups -OCH3 is 1. The van der Waals surface area contributed by atoms with Gasteiger partial charge in [-0.3, -0.25) is 10.1 Å². The number of benzene rings is 1. The minimum atomic E-state index is -0.518. The number of aromatic nitrogens is 1. The van der Waals surface area contributed by atoms with Crippen LogP contribution in [0.5, 0.6) is 11.5 Å². The van der Waals surface area contributed by atoms with Crippen LogP contribution in [0.1, 0.15) is 5.56 Å². The molecule has 0 saturated heterocycles. The van der Waals surface area contributed by atoms with E-state index >= 15 is 0 Å². The molecule has 0 aliphatic heterocycles.